The summed E-state index contributed by atoms with van der Waals surface area (Å²) in [6.07, 6.45) is 1.86. The minimum atomic E-state index is -0.0700. The fourth-order valence-electron chi connectivity index (χ4n) is 1.96. The van der Waals surface area contributed by atoms with Crippen LogP contribution in [0.3, 0.4) is 0 Å². The monoisotopic (exact) mass is 252 g/mol. The van der Waals surface area contributed by atoms with E-state index in [1.165, 1.54) is 0 Å². The highest BCUT2D eigenvalue weighted by molar-refractivity contribution is 5.27. The summed E-state index contributed by atoms with van der Waals surface area (Å²) in [5.74, 6) is 0.218. The zero-order valence-corrected chi connectivity index (χ0v) is 11.5. The van der Waals surface area contributed by atoms with Gasteiger partial charge in [0.25, 0.3) is 0 Å². The van der Waals surface area contributed by atoms with Crippen LogP contribution in [-0.2, 0) is 6.54 Å². The minimum Gasteiger partial charge on any atom is -0.506 e. The zero-order chi connectivity index (χ0) is 13.6. The number of aryl methyl sites for hydroxylation is 1. The summed E-state index contributed by atoms with van der Waals surface area (Å²) in [5, 5.41) is 22.4. The molecule has 0 amide bonds. The van der Waals surface area contributed by atoms with Gasteiger partial charge in [0.15, 0.2) is 0 Å². The molecule has 4 nitrogen and oxygen atoms in total. The molecule has 102 valence electrons. The molecule has 1 aromatic rings. The number of pyridine rings is 1. The van der Waals surface area contributed by atoms with E-state index in [2.05, 4.69) is 24.1 Å². The molecule has 0 spiro atoms. The zero-order valence-electron chi connectivity index (χ0n) is 11.5. The maximum absolute atomic E-state index is 9.68. The molecule has 1 heterocycles. The molecule has 0 fully saturated rings. The van der Waals surface area contributed by atoms with Crippen molar-refractivity contribution in [2.24, 2.45) is 5.41 Å². The van der Waals surface area contributed by atoms with Gasteiger partial charge in [-0.05, 0) is 31.9 Å². The maximum Gasteiger partial charge on any atom is 0.138 e. The van der Waals surface area contributed by atoms with E-state index in [9.17, 15) is 10.2 Å². The predicted molar refractivity (Wildman–Crippen MR) is 72.4 cm³/mol. The van der Waals surface area contributed by atoms with Gasteiger partial charge < -0.3 is 15.5 Å². The third-order valence-electron chi connectivity index (χ3n) is 3.72. The van der Waals surface area contributed by atoms with Crippen LogP contribution in [0.2, 0.25) is 0 Å². The Labute approximate surface area is 109 Å². The van der Waals surface area contributed by atoms with E-state index in [-0.39, 0.29) is 17.8 Å². The number of hydrogen-bond acceptors (Lipinski definition) is 4. The first-order chi connectivity index (χ1) is 8.56. The van der Waals surface area contributed by atoms with Crippen molar-refractivity contribution in [3.05, 3.63) is 23.5 Å². The van der Waals surface area contributed by atoms with E-state index in [0.29, 0.717) is 12.2 Å². The van der Waals surface area contributed by atoms with Crippen molar-refractivity contribution in [1.29, 1.82) is 0 Å². The van der Waals surface area contributed by atoms with E-state index in [4.69, 9.17) is 0 Å². The molecule has 4 heteroatoms. The molecule has 0 aliphatic carbocycles. The van der Waals surface area contributed by atoms with E-state index in [1.807, 2.05) is 6.92 Å². The van der Waals surface area contributed by atoms with Crippen LogP contribution >= 0.6 is 0 Å². The van der Waals surface area contributed by atoms with Gasteiger partial charge in [0.2, 0.25) is 0 Å². The summed E-state index contributed by atoms with van der Waals surface area (Å²) in [6, 6.07) is 3.45. The van der Waals surface area contributed by atoms with Crippen LogP contribution in [0, 0.1) is 12.3 Å². The van der Waals surface area contributed by atoms with Gasteiger partial charge in [-0.15, -0.1) is 0 Å². The lowest BCUT2D eigenvalue weighted by Crippen LogP contribution is -2.36. The number of aliphatic hydroxyl groups excluding tert-OH is 1. The Morgan fingerprint density at radius 3 is 2.50 bits per heavy atom. The van der Waals surface area contributed by atoms with Crippen molar-refractivity contribution < 1.29 is 10.2 Å². The van der Waals surface area contributed by atoms with Crippen molar-refractivity contribution >= 4 is 0 Å². The molecule has 0 atom stereocenters. The van der Waals surface area contributed by atoms with Crippen molar-refractivity contribution in [2.45, 2.75) is 40.2 Å². The standard InChI is InChI=1S/C14H24N2O2/c1-4-14(5-2,10-17)9-15-8-12-13(18)7-6-11(3)16-12/h6-7,15,17-18H,4-5,8-10H2,1-3H3. The van der Waals surface area contributed by atoms with E-state index in [1.54, 1.807) is 12.1 Å². The fourth-order valence-corrected chi connectivity index (χ4v) is 1.96. The third-order valence-corrected chi connectivity index (χ3v) is 3.72. The average Bonchev–Trinajstić information content (AvgIpc) is 2.39. The van der Waals surface area contributed by atoms with Crippen molar-refractivity contribution in [3.63, 3.8) is 0 Å². The number of aromatic nitrogens is 1. The molecular weight excluding hydrogens is 228 g/mol. The molecule has 0 bridgehead atoms. The molecule has 1 rings (SSSR count). The topological polar surface area (TPSA) is 65.4 Å². The number of nitrogens with zero attached hydrogens (tertiary/aromatic N) is 1. The number of hydrogen-bond donors (Lipinski definition) is 3. The van der Waals surface area contributed by atoms with Crippen LogP contribution in [0.4, 0.5) is 0 Å². The lowest BCUT2D eigenvalue weighted by Gasteiger charge is -2.29. The Morgan fingerprint density at radius 1 is 1.28 bits per heavy atom. The second-order valence-electron chi connectivity index (χ2n) is 4.89. The highest BCUT2D eigenvalue weighted by Crippen LogP contribution is 2.24. The number of nitrogens with one attached hydrogen (secondary N) is 1. The van der Waals surface area contributed by atoms with Crippen LogP contribution < -0.4 is 5.32 Å². The van der Waals surface area contributed by atoms with E-state index >= 15 is 0 Å². The largest absolute Gasteiger partial charge is 0.506 e. The predicted octanol–water partition coefficient (Wildman–Crippen LogP) is 1.98. The summed E-state index contributed by atoms with van der Waals surface area (Å²) in [6.45, 7) is 7.51. The Morgan fingerprint density at radius 2 is 1.94 bits per heavy atom. The highest BCUT2D eigenvalue weighted by Gasteiger charge is 2.24. The number of aliphatic hydroxyl groups is 1. The SMILES string of the molecule is CCC(CC)(CO)CNCc1nc(C)ccc1O. The Hall–Kier alpha value is -1.13. The van der Waals surface area contributed by atoms with E-state index in [0.717, 1.165) is 25.1 Å². The summed E-state index contributed by atoms with van der Waals surface area (Å²) in [4.78, 5) is 4.29. The lowest BCUT2D eigenvalue weighted by atomic mass is 9.83. The van der Waals surface area contributed by atoms with Crippen molar-refractivity contribution in [2.75, 3.05) is 13.2 Å². The second kappa shape index (κ2) is 6.71. The number of aromatic hydroxyl groups is 1. The lowest BCUT2D eigenvalue weighted by molar-refractivity contribution is 0.113. The summed E-state index contributed by atoms with van der Waals surface area (Å²) in [5.41, 5.74) is 1.48. The van der Waals surface area contributed by atoms with Crippen LogP contribution in [-0.4, -0.2) is 28.3 Å². The maximum atomic E-state index is 9.68. The molecule has 0 aliphatic heterocycles. The Kier molecular flexibility index (Phi) is 5.56. The molecule has 0 unspecified atom stereocenters. The Balaban J connectivity index is 2.57. The van der Waals surface area contributed by atoms with Crippen molar-refractivity contribution in [3.8, 4) is 5.75 Å². The second-order valence-corrected chi connectivity index (χ2v) is 4.89. The molecule has 18 heavy (non-hydrogen) atoms. The first kappa shape index (κ1) is 14.9. The quantitative estimate of drug-likeness (QED) is 0.694. The minimum absolute atomic E-state index is 0.0700. The Bertz CT molecular complexity index is 368. The average molecular weight is 252 g/mol. The van der Waals surface area contributed by atoms with Gasteiger partial charge in [0, 0.05) is 30.8 Å². The number of rotatable bonds is 7. The molecule has 0 radical (unpaired) electrons. The van der Waals surface area contributed by atoms with Crippen molar-refractivity contribution in [1.82, 2.24) is 10.3 Å². The normalized spacial score (nSPS) is 11.8. The van der Waals surface area contributed by atoms with Crippen LogP contribution in [0.1, 0.15) is 38.1 Å². The van der Waals surface area contributed by atoms with Gasteiger partial charge in [-0.3, -0.25) is 4.98 Å². The smallest absolute Gasteiger partial charge is 0.138 e. The third kappa shape index (κ3) is 3.68. The highest BCUT2D eigenvalue weighted by atomic mass is 16.3. The molecular formula is C14H24N2O2. The van der Waals surface area contributed by atoms with Crippen LogP contribution in [0.15, 0.2) is 12.1 Å². The van der Waals surface area contributed by atoms with Gasteiger partial charge in [0.05, 0.1) is 5.69 Å². The van der Waals surface area contributed by atoms with Gasteiger partial charge >= 0.3 is 0 Å². The molecule has 0 saturated carbocycles. The summed E-state index contributed by atoms with van der Waals surface area (Å²) < 4.78 is 0. The van der Waals surface area contributed by atoms with Gasteiger partial charge in [0.1, 0.15) is 5.75 Å². The first-order valence-corrected chi connectivity index (χ1v) is 6.54. The molecule has 1 aromatic heterocycles. The van der Waals surface area contributed by atoms with Gasteiger partial charge in [-0.1, -0.05) is 13.8 Å². The van der Waals surface area contributed by atoms with Crippen LogP contribution in [0.5, 0.6) is 5.75 Å². The molecule has 0 aromatic carbocycles. The van der Waals surface area contributed by atoms with Crippen LogP contribution in [0.25, 0.3) is 0 Å². The summed E-state index contributed by atoms with van der Waals surface area (Å²) >= 11 is 0. The van der Waals surface area contributed by atoms with Gasteiger partial charge in [-0.2, -0.15) is 0 Å². The summed E-state index contributed by atoms with van der Waals surface area (Å²) in [7, 11) is 0. The molecule has 0 aliphatic rings. The van der Waals surface area contributed by atoms with Gasteiger partial charge in [-0.25, -0.2) is 0 Å². The molecule has 0 saturated heterocycles. The van der Waals surface area contributed by atoms with E-state index < -0.39 is 0 Å². The first-order valence-electron chi connectivity index (χ1n) is 6.54. The molecule has 3 N–H and O–H groups in total. The fraction of sp³-hybridized carbons (Fsp3) is 0.643.